The molecule has 0 aromatic heterocycles. The van der Waals surface area contributed by atoms with Gasteiger partial charge in [0, 0.05) is 6.26 Å². The van der Waals surface area contributed by atoms with Crippen molar-refractivity contribution in [3.8, 4) is 0 Å². The van der Waals surface area contributed by atoms with E-state index in [-0.39, 0.29) is 19.0 Å². The van der Waals surface area contributed by atoms with Crippen molar-refractivity contribution >= 4 is 27.6 Å². The van der Waals surface area contributed by atoms with E-state index in [0.717, 1.165) is 11.8 Å². The normalized spacial score (nSPS) is 15.2. The van der Waals surface area contributed by atoms with Crippen LogP contribution in [-0.2, 0) is 24.2 Å². The molecule has 1 aromatic carbocycles. The van der Waals surface area contributed by atoms with Crippen molar-refractivity contribution in [1.29, 1.82) is 0 Å². The monoisotopic (exact) mass is 484 g/mol. The third-order valence-corrected chi connectivity index (χ3v) is 5.99. The SMILES string of the molecule is CCCC(NC(=O)C(CS(C)(=O)=O)N(C)C)C(O)C(=O)NCC(=O)NC(C)c1ccccc1. The molecule has 0 radical (unpaired) electrons. The summed E-state index contributed by atoms with van der Waals surface area (Å²) < 4.78 is 23.3. The summed E-state index contributed by atoms with van der Waals surface area (Å²) in [4.78, 5) is 38.8. The number of benzene rings is 1. The van der Waals surface area contributed by atoms with E-state index in [1.54, 1.807) is 14.1 Å². The molecular formula is C22H36N4O6S. The number of carbonyl (C=O) groups excluding carboxylic acids is 3. The van der Waals surface area contributed by atoms with Gasteiger partial charge in [0.15, 0.2) is 6.10 Å². The third-order valence-electron chi connectivity index (χ3n) is 5.06. The summed E-state index contributed by atoms with van der Waals surface area (Å²) in [6.45, 7) is 3.30. The van der Waals surface area contributed by atoms with Gasteiger partial charge in [0.1, 0.15) is 15.9 Å². The molecule has 0 aliphatic carbocycles. The van der Waals surface area contributed by atoms with Crippen LogP contribution in [0.3, 0.4) is 0 Å². The fourth-order valence-electron chi connectivity index (χ4n) is 3.22. The van der Waals surface area contributed by atoms with Gasteiger partial charge in [-0.25, -0.2) is 8.42 Å². The highest BCUT2D eigenvalue weighted by Crippen LogP contribution is 2.10. The zero-order chi connectivity index (χ0) is 25.2. The molecule has 4 unspecified atom stereocenters. The van der Waals surface area contributed by atoms with Crippen molar-refractivity contribution in [2.75, 3.05) is 32.6 Å². The molecule has 4 atom stereocenters. The molecule has 4 N–H and O–H groups in total. The second kappa shape index (κ2) is 13.3. The maximum Gasteiger partial charge on any atom is 0.251 e. The molecule has 10 nitrogen and oxygen atoms in total. The fraction of sp³-hybridized carbons (Fsp3) is 0.591. The van der Waals surface area contributed by atoms with Gasteiger partial charge in [-0.3, -0.25) is 19.3 Å². The number of nitrogens with one attached hydrogen (secondary N) is 3. The number of amides is 3. The lowest BCUT2D eigenvalue weighted by Gasteiger charge is -2.28. The van der Waals surface area contributed by atoms with Crippen molar-refractivity contribution in [2.45, 2.75) is 50.9 Å². The summed E-state index contributed by atoms with van der Waals surface area (Å²) >= 11 is 0. The van der Waals surface area contributed by atoms with Crippen LogP contribution in [0.15, 0.2) is 30.3 Å². The van der Waals surface area contributed by atoms with Crippen molar-refractivity contribution in [3.63, 3.8) is 0 Å². The van der Waals surface area contributed by atoms with E-state index in [1.165, 1.54) is 4.90 Å². The predicted octanol–water partition coefficient (Wildman–Crippen LogP) is -0.399. The van der Waals surface area contributed by atoms with Crippen LogP contribution in [0.2, 0.25) is 0 Å². The first kappa shape index (κ1) is 28.5. The Morgan fingerprint density at radius 2 is 1.67 bits per heavy atom. The minimum absolute atomic E-state index is 0.259. The fourth-order valence-corrected chi connectivity index (χ4v) is 4.24. The Bertz CT molecular complexity index is 891. The van der Waals surface area contributed by atoms with Gasteiger partial charge in [0.25, 0.3) is 5.91 Å². The Kier molecular flexibility index (Phi) is 11.5. The van der Waals surface area contributed by atoms with Crippen LogP contribution in [0.5, 0.6) is 0 Å². The van der Waals surface area contributed by atoms with Gasteiger partial charge in [-0.2, -0.15) is 0 Å². The van der Waals surface area contributed by atoms with Crippen molar-refractivity contribution in [3.05, 3.63) is 35.9 Å². The van der Waals surface area contributed by atoms with E-state index in [1.807, 2.05) is 44.2 Å². The number of aliphatic hydroxyl groups excluding tert-OH is 1. The summed E-state index contributed by atoms with van der Waals surface area (Å²) in [6, 6.07) is 7.16. The molecule has 186 valence electrons. The Hall–Kier alpha value is -2.50. The van der Waals surface area contributed by atoms with E-state index >= 15 is 0 Å². The Labute approximate surface area is 196 Å². The molecule has 11 heteroatoms. The molecular weight excluding hydrogens is 448 g/mol. The average Bonchev–Trinajstić information content (AvgIpc) is 2.74. The molecule has 0 saturated heterocycles. The Morgan fingerprint density at radius 3 is 2.18 bits per heavy atom. The van der Waals surface area contributed by atoms with Gasteiger partial charge in [-0.05, 0) is 33.0 Å². The van der Waals surface area contributed by atoms with E-state index in [9.17, 15) is 27.9 Å². The Balaban J connectivity index is 2.70. The van der Waals surface area contributed by atoms with E-state index in [0.29, 0.717) is 6.42 Å². The lowest BCUT2D eigenvalue weighted by atomic mass is 10.0. The van der Waals surface area contributed by atoms with Crippen LogP contribution < -0.4 is 16.0 Å². The van der Waals surface area contributed by atoms with Gasteiger partial charge in [0.2, 0.25) is 11.8 Å². The first-order valence-electron chi connectivity index (χ1n) is 10.8. The maximum absolute atomic E-state index is 12.7. The Morgan fingerprint density at radius 1 is 1.06 bits per heavy atom. The standard InChI is InChI=1S/C22H36N4O6S/c1-6-10-17(25-21(29)18(26(3)4)14-33(5,31)32)20(28)22(30)23-13-19(27)24-15(2)16-11-8-7-9-12-16/h7-9,11-12,15,17-18,20,28H,6,10,13-14H2,1-5H3,(H,23,30)(H,24,27)(H,25,29). The third kappa shape index (κ3) is 10.3. The number of carbonyl (C=O) groups is 3. The molecule has 1 aromatic rings. The number of aliphatic hydroxyl groups is 1. The van der Waals surface area contributed by atoms with Gasteiger partial charge in [-0.1, -0.05) is 43.7 Å². The molecule has 3 amide bonds. The van der Waals surface area contributed by atoms with Crippen LogP contribution in [0, 0.1) is 0 Å². The second-order valence-corrected chi connectivity index (χ2v) is 10.5. The summed E-state index contributed by atoms with van der Waals surface area (Å²) in [7, 11) is -0.291. The summed E-state index contributed by atoms with van der Waals surface area (Å²) in [5.41, 5.74) is 0.910. The zero-order valence-corrected chi connectivity index (χ0v) is 20.7. The predicted molar refractivity (Wildman–Crippen MR) is 126 cm³/mol. The van der Waals surface area contributed by atoms with Gasteiger partial charge in [-0.15, -0.1) is 0 Å². The minimum atomic E-state index is -3.44. The van der Waals surface area contributed by atoms with Crippen LogP contribution in [0.1, 0.15) is 38.3 Å². The molecule has 0 heterocycles. The highest BCUT2D eigenvalue weighted by molar-refractivity contribution is 7.90. The van der Waals surface area contributed by atoms with Gasteiger partial charge < -0.3 is 21.1 Å². The lowest BCUT2D eigenvalue weighted by Crippen LogP contribution is -2.56. The molecule has 0 fully saturated rings. The van der Waals surface area contributed by atoms with E-state index < -0.39 is 51.5 Å². The number of hydrogen-bond acceptors (Lipinski definition) is 7. The van der Waals surface area contributed by atoms with Crippen LogP contribution in [0.4, 0.5) is 0 Å². The quantitative estimate of drug-likeness (QED) is 0.298. The smallest absolute Gasteiger partial charge is 0.251 e. The van der Waals surface area contributed by atoms with Crippen molar-refractivity contribution in [1.82, 2.24) is 20.9 Å². The van der Waals surface area contributed by atoms with Gasteiger partial charge >= 0.3 is 0 Å². The molecule has 0 bridgehead atoms. The largest absolute Gasteiger partial charge is 0.381 e. The number of hydrogen-bond donors (Lipinski definition) is 4. The van der Waals surface area contributed by atoms with Crippen LogP contribution in [0.25, 0.3) is 0 Å². The highest BCUT2D eigenvalue weighted by Gasteiger charge is 2.32. The number of likely N-dealkylation sites (N-methyl/N-ethyl adjacent to an activating group) is 1. The van der Waals surface area contributed by atoms with Crippen LogP contribution in [-0.4, -0.2) is 87.0 Å². The lowest BCUT2D eigenvalue weighted by molar-refractivity contribution is -0.135. The summed E-state index contributed by atoms with van der Waals surface area (Å²) in [5.74, 6) is -2.23. The van der Waals surface area contributed by atoms with Crippen molar-refractivity contribution < 1.29 is 27.9 Å². The first-order valence-corrected chi connectivity index (χ1v) is 12.9. The molecule has 0 spiro atoms. The topological polar surface area (TPSA) is 145 Å². The minimum Gasteiger partial charge on any atom is -0.381 e. The molecule has 33 heavy (non-hydrogen) atoms. The maximum atomic E-state index is 12.7. The van der Waals surface area contributed by atoms with E-state index in [2.05, 4.69) is 16.0 Å². The van der Waals surface area contributed by atoms with E-state index in [4.69, 9.17) is 0 Å². The molecule has 0 saturated carbocycles. The number of rotatable bonds is 13. The molecule has 0 aliphatic heterocycles. The second-order valence-electron chi connectivity index (χ2n) is 8.34. The van der Waals surface area contributed by atoms with Crippen LogP contribution >= 0.6 is 0 Å². The highest BCUT2D eigenvalue weighted by atomic mass is 32.2. The summed E-state index contributed by atoms with van der Waals surface area (Å²) in [6.07, 6.45) is 0.278. The molecule has 0 aliphatic rings. The van der Waals surface area contributed by atoms with Gasteiger partial charge in [0.05, 0.1) is 24.4 Å². The summed E-state index contributed by atoms with van der Waals surface area (Å²) in [5, 5.41) is 18.2. The number of sulfone groups is 1. The number of nitrogens with zero attached hydrogens (tertiary/aromatic N) is 1. The average molecular weight is 485 g/mol. The zero-order valence-electron chi connectivity index (χ0n) is 19.9. The molecule has 1 rings (SSSR count). The first-order chi connectivity index (χ1) is 15.4. The van der Waals surface area contributed by atoms with Crippen molar-refractivity contribution in [2.24, 2.45) is 0 Å².